The first kappa shape index (κ1) is 7.38. The van der Waals surface area contributed by atoms with Crippen LogP contribution < -0.4 is 0 Å². The van der Waals surface area contributed by atoms with E-state index in [-0.39, 0.29) is 0 Å². The molecule has 0 saturated heterocycles. The summed E-state index contributed by atoms with van der Waals surface area (Å²) in [7, 11) is 0. The highest BCUT2D eigenvalue weighted by Gasteiger charge is 2.04. The summed E-state index contributed by atoms with van der Waals surface area (Å²) in [6, 6.07) is 7.82. The van der Waals surface area contributed by atoms with Crippen molar-refractivity contribution in [2.24, 2.45) is 0 Å². The van der Waals surface area contributed by atoms with E-state index in [9.17, 15) is 0 Å². The first-order valence-corrected chi connectivity index (χ1v) is 4.40. The Morgan fingerprint density at radius 2 is 2.29 bits per heavy atom. The van der Waals surface area contributed by atoms with E-state index < -0.39 is 0 Å². The maximum absolute atomic E-state index is 5.30. The van der Waals surface area contributed by atoms with E-state index in [2.05, 4.69) is 16.0 Å². The molecular formula is C11H8N2O. The molecule has 0 aliphatic heterocycles. The minimum absolute atomic E-state index is 0.848. The lowest BCUT2D eigenvalue weighted by molar-refractivity contribution is 0.580. The molecule has 0 aromatic carbocycles. The zero-order chi connectivity index (χ0) is 9.38. The van der Waals surface area contributed by atoms with Crippen LogP contribution in [0.4, 0.5) is 0 Å². The quantitative estimate of drug-likeness (QED) is 0.631. The lowest BCUT2D eigenvalue weighted by Gasteiger charge is -1.87. The molecule has 0 unspecified atom stereocenters. The van der Waals surface area contributed by atoms with Crippen molar-refractivity contribution in [1.29, 1.82) is 0 Å². The topological polar surface area (TPSA) is 41.8 Å². The van der Waals surface area contributed by atoms with E-state index in [0.717, 1.165) is 22.4 Å². The van der Waals surface area contributed by atoms with E-state index in [1.165, 1.54) is 0 Å². The van der Waals surface area contributed by atoms with Crippen LogP contribution in [-0.2, 0) is 0 Å². The molecule has 3 heteroatoms. The molecular weight excluding hydrogens is 176 g/mol. The van der Waals surface area contributed by atoms with Crippen LogP contribution in [0.25, 0.3) is 22.4 Å². The Labute approximate surface area is 80.4 Å². The zero-order valence-electron chi connectivity index (χ0n) is 7.40. The molecule has 14 heavy (non-hydrogen) atoms. The molecule has 3 heterocycles. The lowest BCUT2D eigenvalue weighted by atomic mass is 10.3. The number of nitrogens with one attached hydrogen (secondary N) is 1. The van der Waals surface area contributed by atoms with Crippen molar-refractivity contribution < 1.29 is 4.42 Å². The number of nitrogens with zero attached hydrogens (tertiary/aromatic N) is 1. The number of rotatable bonds is 1. The van der Waals surface area contributed by atoms with Gasteiger partial charge in [0.25, 0.3) is 0 Å². The van der Waals surface area contributed by atoms with Gasteiger partial charge in [0.2, 0.25) is 0 Å². The van der Waals surface area contributed by atoms with Crippen LogP contribution in [-0.4, -0.2) is 9.97 Å². The van der Waals surface area contributed by atoms with Crippen molar-refractivity contribution in [1.82, 2.24) is 9.97 Å². The maximum Gasteiger partial charge on any atom is 0.150 e. The minimum atomic E-state index is 0.848. The second kappa shape index (κ2) is 2.73. The average Bonchev–Trinajstić information content (AvgIpc) is 2.86. The Morgan fingerprint density at radius 3 is 3.07 bits per heavy atom. The summed E-state index contributed by atoms with van der Waals surface area (Å²) in [5, 5.41) is 1.14. The van der Waals surface area contributed by atoms with Crippen molar-refractivity contribution in [3.63, 3.8) is 0 Å². The average molecular weight is 184 g/mol. The number of furan rings is 1. The molecule has 68 valence electrons. The SMILES string of the molecule is c1coc(-c2cc3ccncc3[nH]2)c1. The van der Waals surface area contributed by atoms with Gasteiger partial charge in [0.1, 0.15) is 5.76 Å². The van der Waals surface area contributed by atoms with E-state index in [1.54, 1.807) is 12.5 Å². The number of hydrogen-bond acceptors (Lipinski definition) is 2. The van der Waals surface area contributed by atoms with Gasteiger partial charge >= 0.3 is 0 Å². The number of aromatic nitrogens is 2. The van der Waals surface area contributed by atoms with Crippen molar-refractivity contribution in [3.8, 4) is 11.5 Å². The van der Waals surface area contributed by atoms with Crippen LogP contribution >= 0.6 is 0 Å². The summed E-state index contributed by atoms with van der Waals surface area (Å²) in [6.07, 6.45) is 5.25. The van der Waals surface area contributed by atoms with Crippen LogP contribution in [0.2, 0.25) is 0 Å². The molecule has 3 rings (SSSR count). The molecule has 0 radical (unpaired) electrons. The maximum atomic E-state index is 5.30. The first-order valence-electron chi connectivity index (χ1n) is 4.40. The van der Waals surface area contributed by atoms with Crippen molar-refractivity contribution in [2.75, 3.05) is 0 Å². The highest BCUT2D eigenvalue weighted by molar-refractivity contribution is 5.83. The molecule has 3 aromatic heterocycles. The molecule has 0 spiro atoms. The Hall–Kier alpha value is -2.03. The zero-order valence-corrected chi connectivity index (χ0v) is 7.40. The standard InChI is InChI=1S/C11H8N2O/c1-2-11(14-5-1)9-6-8-3-4-12-7-10(8)13-9/h1-7,13H. The van der Waals surface area contributed by atoms with E-state index >= 15 is 0 Å². The molecule has 1 N–H and O–H groups in total. The van der Waals surface area contributed by atoms with Gasteiger partial charge in [-0.1, -0.05) is 0 Å². The van der Waals surface area contributed by atoms with Crippen LogP contribution in [0.15, 0.2) is 47.3 Å². The Bertz CT molecular complexity index is 518. The van der Waals surface area contributed by atoms with Crippen molar-refractivity contribution in [3.05, 3.63) is 42.9 Å². The molecule has 0 aliphatic carbocycles. The van der Waals surface area contributed by atoms with Gasteiger partial charge in [-0.2, -0.15) is 0 Å². The Kier molecular flexibility index (Phi) is 1.44. The summed E-state index contributed by atoms with van der Waals surface area (Å²) in [5.74, 6) is 0.848. The largest absolute Gasteiger partial charge is 0.463 e. The summed E-state index contributed by atoms with van der Waals surface area (Å²) in [5.41, 5.74) is 2.01. The highest BCUT2D eigenvalue weighted by Crippen LogP contribution is 2.23. The van der Waals surface area contributed by atoms with Crippen LogP contribution in [0.5, 0.6) is 0 Å². The lowest BCUT2D eigenvalue weighted by Crippen LogP contribution is -1.71. The Morgan fingerprint density at radius 1 is 1.29 bits per heavy atom. The summed E-state index contributed by atoms with van der Waals surface area (Å²) >= 11 is 0. The van der Waals surface area contributed by atoms with Gasteiger partial charge in [-0.25, -0.2) is 0 Å². The van der Waals surface area contributed by atoms with E-state index in [0.29, 0.717) is 0 Å². The van der Waals surface area contributed by atoms with Gasteiger partial charge in [0, 0.05) is 11.6 Å². The van der Waals surface area contributed by atoms with Gasteiger partial charge < -0.3 is 9.40 Å². The number of H-pyrrole nitrogens is 1. The molecule has 0 amide bonds. The molecule has 0 aliphatic rings. The van der Waals surface area contributed by atoms with Crippen molar-refractivity contribution >= 4 is 10.9 Å². The van der Waals surface area contributed by atoms with Crippen LogP contribution in [0.1, 0.15) is 0 Å². The minimum Gasteiger partial charge on any atom is -0.463 e. The fourth-order valence-electron chi connectivity index (χ4n) is 1.54. The molecule has 3 nitrogen and oxygen atoms in total. The molecule has 0 saturated carbocycles. The summed E-state index contributed by atoms with van der Waals surface area (Å²) in [4.78, 5) is 7.29. The first-order chi connectivity index (χ1) is 6.93. The van der Waals surface area contributed by atoms with Gasteiger partial charge in [-0.15, -0.1) is 0 Å². The highest BCUT2D eigenvalue weighted by atomic mass is 16.3. The number of fused-ring (bicyclic) bond motifs is 1. The third kappa shape index (κ3) is 1.03. The second-order valence-electron chi connectivity index (χ2n) is 3.12. The fourth-order valence-corrected chi connectivity index (χ4v) is 1.54. The third-order valence-electron chi connectivity index (χ3n) is 2.21. The third-order valence-corrected chi connectivity index (χ3v) is 2.21. The summed E-state index contributed by atoms with van der Waals surface area (Å²) < 4.78 is 5.30. The summed E-state index contributed by atoms with van der Waals surface area (Å²) in [6.45, 7) is 0. The number of hydrogen-bond donors (Lipinski definition) is 1. The van der Waals surface area contributed by atoms with Gasteiger partial charge in [-0.3, -0.25) is 4.98 Å². The predicted octanol–water partition coefficient (Wildman–Crippen LogP) is 2.82. The van der Waals surface area contributed by atoms with Gasteiger partial charge in [0.05, 0.1) is 23.7 Å². The molecule has 0 fully saturated rings. The number of pyridine rings is 1. The van der Waals surface area contributed by atoms with E-state index in [4.69, 9.17) is 4.42 Å². The fraction of sp³-hybridized carbons (Fsp3) is 0. The normalized spacial score (nSPS) is 10.9. The van der Waals surface area contributed by atoms with Gasteiger partial charge in [-0.05, 0) is 24.3 Å². The molecule has 3 aromatic rings. The van der Waals surface area contributed by atoms with Gasteiger partial charge in [0.15, 0.2) is 0 Å². The Balaban J connectivity index is 2.24. The number of aromatic amines is 1. The van der Waals surface area contributed by atoms with Crippen LogP contribution in [0, 0.1) is 0 Å². The monoisotopic (exact) mass is 184 g/mol. The predicted molar refractivity (Wildman–Crippen MR) is 53.8 cm³/mol. The molecule has 0 bridgehead atoms. The van der Waals surface area contributed by atoms with E-state index in [1.807, 2.05) is 24.4 Å². The molecule has 0 atom stereocenters. The van der Waals surface area contributed by atoms with Crippen LogP contribution in [0.3, 0.4) is 0 Å². The second-order valence-corrected chi connectivity index (χ2v) is 3.12. The van der Waals surface area contributed by atoms with Crippen molar-refractivity contribution in [2.45, 2.75) is 0 Å². The smallest absolute Gasteiger partial charge is 0.150 e.